The fourth-order valence-corrected chi connectivity index (χ4v) is 1.90. The van der Waals surface area contributed by atoms with Gasteiger partial charge < -0.3 is 10.5 Å². The Balaban J connectivity index is 2.34. The molecule has 3 unspecified atom stereocenters. The molecule has 0 radical (unpaired) electrons. The monoisotopic (exact) mass is 157 g/mol. The lowest BCUT2D eigenvalue weighted by Gasteiger charge is -2.31. The first kappa shape index (κ1) is 9.01. The molecule has 0 amide bonds. The lowest BCUT2D eigenvalue weighted by molar-refractivity contribution is 0.0943. The van der Waals surface area contributed by atoms with Crippen LogP contribution in [0, 0.1) is 11.8 Å². The number of methoxy groups -OCH3 is 1. The smallest absolute Gasteiger partial charge is 0.0493 e. The van der Waals surface area contributed by atoms with Crippen LogP contribution in [0.2, 0.25) is 0 Å². The Bertz CT molecular complexity index is 116. The minimum Gasteiger partial charge on any atom is -0.384 e. The third-order valence-electron chi connectivity index (χ3n) is 2.78. The molecule has 0 heterocycles. The van der Waals surface area contributed by atoms with Crippen molar-refractivity contribution < 1.29 is 4.74 Å². The molecule has 2 heteroatoms. The van der Waals surface area contributed by atoms with Gasteiger partial charge in [-0.15, -0.1) is 0 Å². The molecule has 2 N–H and O–H groups in total. The van der Waals surface area contributed by atoms with Crippen LogP contribution in [-0.4, -0.2) is 19.8 Å². The molecule has 0 aromatic rings. The molecule has 66 valence electrons. The second-order valence-corrected chi connectivity index (χ2v) is 3.77. The summed E-state index contributed by atoms with van der Waals surface area (Å²) < 4.78 is 5.14. The number of nitrogens with two attached hydrogens (primary N) is 1. The number of rotatable bonds is 2. The van der Waals surface area contributed by atoms with Gasteiger partial charge in [-0.25, -0.2) is 0 Å². The van der Waals surface area contributed by atoms with Gasteiger partial charge in [-0.3, -0.25) is 0 Å². The predicted molar refractivity (Wildman–Crippen MR) is 46.4 cm³/mol. The average molecular weight is 157 g/mol. The number of hydrogen-bond acceptors (Lipinski definition) is 2. The highest BCUT2D eigenvalue weighted by Crippen LogP contribution is 2.28. The van der Waals surface area contributed by atoms with Gasteiger partial charge in [-0.2, -0.15) is 0 Å². The van der Waals surface area contributed by atoms with E-state index in [0.29, 0.717) is 12.0 Å². The van der Waals surface area contributed by atoms with Gasteiger partial charge in [0.05, 0.1) is 0 Å². The van der Waals surface area contributed by atoms with E-state index in [4.69, 9.17) is 10.5 Å². The molecule has 0 spiro atoms. The van der Waals surface area contributed by atoms with E-state index in [1.54, 1.807) is 7.11 Å². The first-order valence-corrected chi connectivity index (χ1v) is 4.48. The normalized spacial score (nSPS) is 39.0. The number of hydrogen-bond donors (Lipinski definition) is 1. The molecular weight excluding hydrogens is 138 g/mol. The highest BCUT2D eigenvalue weighted by atomic mass is 16.5. The van der Waals surface area contributed by atoms with E-state index in [1.807, 2.05) is 0 Å². The summed E-state index contributed by atoms with van der Waals surface area (Å²) in [6, 6.07) is 0.423. The summed E-state index contributed by atoms with van der Waals surface area (Å²) in [5.41, 5.74) is 5.86. The molecule has 3 atom stereocenters. The van der Waals surface area contributed by atoms with Gasteiger partial charge in [0.1, 0.15) is 0 Å². The second kappa shape index (κ2) is 4.07. The Kier molecular flexibility index (Phi) is 3.34. The molecular formula is C9H19NO. The highest BCUT2D eigenvalue weighted by molar-refractivity contribution is 4.79. The van der Waals surface area contributed by atoms with Gasteiger partial charge in [-0.05, 0) is 31.1 Å². The summed E-state index contributed by atoms with van der Waals surface area (Å²) >= 11 is 0. The fourth-order valence-electron chi connectivity index (χ4n) is 1.90. The average Bonchev–Trinajstić information content (AvgIpc) is 1.98. The second-order valence-electron chi connectivity index (χ2n) is 3.77. The van der Waals surface area contributed by atoms with Crippen molar-refractivity contribution >= 4 is 0 Å². The standard InChI is InChI=1S/C9H19NO/c1-7-3-4-9(10)5-8(7)6-11-2/h7-9H,3-6,10H2,1-2H3. The van der Waals surface area contributed by atoms with Crippen LogP contribution in [0.4, 0.5) is 0 Å². The zero-order valence-electron chi connectivity index (χ0n) is 7.55. The molecule has 1 aliphatic rings. The largest absolute Gasteiger partial charge is 0.384 e. The summed E-state index contributed by atoms with van der Waals surface area (Å²) in [6.07, 6.45) is 3.62. The van der Waals surface area contributed by atoms with Gasteiger partial charge in [0.25, 0.3) is 0 Å². The predicted octanol–water partition coefficient (Wildman–Crippen LogP) is 1.40. The minimum atomic E-state index is 0.423. The summed E-state index contributed by atoms with van der Waals surface area (Å²) in [5, 5.41) is 0. The van der Waals surface area contributed by atoms with Crippen molar-refractivity contribution in [2.45, 2.75) is 32.2 Å². The minimum absolute atomic E-state index is 0.423. The van der Waals surface area contributed by atoms with Crippen molar-refractivity contribution in [2.24, 2.45) is 17.6 Å². The van der Waals surface area contributed by atoms with Crippen molar-refractivity contribution in [1.29, 1.82) is 0 Å². The topological polar surface area (TPSA) is 35.2 Å². The third kappa shape index (κ3) is 2.46. The maximum absolute atomic E-state index is 5.86. The van der Waals surface area contributed by atoms with Crippen LogP contribution in [0.3, 0.4) is 0 Å². The first-order valence-electron chi connectivity index (χ1n) is 4.48. The zero-order valence-corrected chi connectivity index (χ0v) is 7.55. The van der Waals surface area contributed by atoms with Gasteiger partial charge in [0, 0.05) is 19.8 Å². The summed E-state index contributed by atoms with van der Waals surface area (Å²) in [7, 11) is 1.77. The Hall–Kier alpha value is -0.0800. The molecule has 0 aromatic heterocycles. The van der Waals surface area contributed by atoms with Crippen molar-refractivity contribution in [3.63, 3.8) is 0 Å². The number of ether oxygens (including phenoxy) is 1. The fraction of sp³-hybridized carbons (Fsp3) is 1.00. The van der Waals surface area contributed by atoms with Crippen molar-refractivity contribution in [3.05, 3.63) is 0 Å². The van der Waals surface area contributed by atoms with E-state index in [9.17, 15) is 0 Å². The Labute approximate surface area is 69.1 Å². The van der Waals surface area contributed by atoms with E-state index in [2.05, 4.69) is 6.92 Å². The summed E-state index contributed by atoms with van der Waals surface area (Å²) in [5.74, 6) is 1.50. The first-order chi connectivity index (χ1) is 5.24. The molecule has 1 rings (SSSR count). The molecule has 11 heavy (non-hydrogen) atoms. The summed E-state index contributed by atoms with van der Waals surface area (Å²) in [6.45, 7) is 3.18. The van der Waals surface area contributed by atoms with Crippen molar-refractivity contribution in [1.82, 2.24) is 0 Å². The van der Waals surface area contributed by atoms with E-state index in [1.165, 1.54) is 12.8 Å². The van der Waals surface area contributed by atoms with E-state index in [0.717, 1.165) is 18.9 Å². The van der Waals surface area contributed by atoms with Gasteiger partial charge in [0.15, 0.2) is 0 Å². The molecule has 1 fully saturated rings. The quantitative estimate of drug-likeness (QED) is 0.657. The van der Waals surface area contributed by atoms with Crippen LogP contribution in [0.15, 0.2) is 0 Å². The van der Waals surface area contributed by atoms with E-state index in [-0.39, 0.29) is 0 Å². The van der Waals surface area contributed by atoms with Crippen LogP contribution in [0.5, 0.6) is 0 Å². The van der Waals surface area contributed by atoms with E-state index < -0.39 is 0 Å². The van der Waals surface area contributed by atoms with Crippen LogP contribution < -0.4 is 5.73 Å². The maximum Gasteiger partial charge on any atom is 0.0493 e. The van der Waals surface area contributed by atoms with Crippen LogP contribution in [0.25, 0.3) is 0 Å². The Morgan fingerprint density at radius 3 is 2.82 bits per heavy atom. The highest BCUT2D eigenvalue weighted by Gasteiger charge is 2.25. The van der Waals surface area contributed by atoms with Crippen LogP contribution >= 0.6 is 0 Å². The molecule has 0 aromatic carbocycles. The SMILES string of the molecule is COCC1CC(N)CCC1C. The molecule has 2 nitrogen and oxygen atoms in total. The maximum atomic E-state index is 5.86. The van der Waals surface area contributed by atoms with E-state index >= 15 is 0 Å². The molecule has 0 bridgehead atoms. The molecule has 0 saturated heterocycles. The lowest BCUT2D eigenvalue weighted by atomic mass is 9.79. The van der Waals surface area contributed by atoms with Crippen LogP contribution in [-0.2, 0) is 4.74 Å². The molecule has 0 aliphatic heterocycles. The van der Waals surface area contributed by atoms with Crippen LogP contribution in [0.1, 0.15) is 26.2 Å². The third-order valence-corrected chi connectivity index (χ3v) is 2.78. The van der Waals surface area contributed by atoms with Crippen molar-refractivity contribution in [3.8, 4) is 0 Å². The molecule has 1 aliphatic carbocycles. The summed E-state index contributed by atoms with van der Waals surface area (Å²) in [4.78, 5) is 0. The van der Waals surface area contributed by atoms with Gasteiger partial charge in [0.2, 0.25) is 0 Å². The van der Waals surface area contributed by atoms with Crippen molar-refractivity contribution in [2.75, 3.05) is 13.7 Å². The molecule has 1 saturated carbocycles. The Morgan fingerprint density at radius 1 is 1.45 bits per heavy atom. The zero-order chi connectivity index (χ0) is 8.27. The van der Waals surface area contributed by atoms with Gasteiger partial charge >= 0.3 is 0 Å². The lowest BCUT2D eigenvalue weighted by Crippen LogP contribution is -2.34. The Morgan fingerprint density at radius 2 is 2.18 bits per heavy atom. The van der Waals surface area contributed by atoms with Gasteiger partial charge in [-0.1, -0.05) is 6.92 Å².